The summed E-state index contributed by atoms with van der Waals surface area (Å²) in [6.07, 6.45) is 7.94. The lowest BCUT2D eigenvalue weighted by Crippen LogP contribution is -2.27. The zero-order valence-corrected chi connectivity index (χ0v) is 8.67. The Balaban J connectivity index is 1.75. The maximum absolute atomic E-state index is 11.5. The first-order valence-electron chi connectivity index (χ1n) is 5.67. The Morgan fingerprint density at radius 3 is 2.86 bits per heavy atom. The van der Waals surface area contributed by atoms with E-state index in [9.17, 15) is 4.79 Å². The molecule has 2 rings (SSSR count). The molecule has 2 saturated carbocycles. The summed E-state index contributed by atoms with van der Waals surface area (Å²) in [6, 6.07) is 0. The van der Waals surface area contributed by atoms with Gasteiger partial charge in [-0.3, -0.25) is 4.79 Å². The van der Waals surface area contributed by atoms with Crippen LogP contribution in [-0.2, 0) is 4.79 Å². The molecule has 2 nitrogen and oxygen atoms in total. The van der Waals surface area contributed by atoms with E-state index in [0.29, 0.717) is 12.5 Å². The summed E-state index contributed by atoms with van der Waals surface area (Å²) in [5.74, 6) is 2.69. The third-order valence-electron chi connectivity index (χ3n) is 3.78. The van der Waals surface area contributed by atoms with E-state index in [2.05, 4.69) is 11.9 Å². The Morgan fingerprint density at radius 2 is 2.29 bits per heavy atom. The zero-order valence-electron chi connectivity index (χ0n) is 8.67. The second-order valence-electron chi connectivity index (χ2n) is 4.73. The summed E-state index contributed by atoms with van der Waals surface area (Å²) in [6.45, 7) is 4.20. The Labute approximate surface area is 85.8 Å². The highest BCUT2D eigenvalue weighted by molar-refractivity contribution is 5.76. The summed E-state index contributed by atoms with van der Waals surface area (Å²) in [5.41, 5.74) is 0. The molecule has 0 spiro atoms. The molecule has 2 bridgehead atoms. The molecular formula is C12H19NO. The zero-order chi connectivity index (χ0) is 9.97. The van der Waals surface area contributed by atoms with Crippen molar-refractivity contribution < 1.29 is 4.79 Å². The summed E-state index contributed by atoms with van der Waals surface area (Å²) in [7, 11) is 0. The maximum atomic E-state index is 11.5. The van der Waals surface area contributed by atoms with Crippen LogP contribution in [-0.4, -0.2) is 12.5 Å². The first-order chi connectivity index (χ1) is 6.79. The fraction of sp³-hybridized carbons (Fsp3) is 0.750. The van der Waals surface area contributed by atoms with Crippen molar-refractivity contribution in [3.63, 3.8) is 0 Å². The Hall–Kier alpha value is -0.790. The molecule has 78 valence electrons. The van der Waals surface area contributed by atoms with E-state index in [1.54, 1.807) is 6.08 Å². The summed E-state index contributed by atoms with van der Waals surface area (Å²) >= 11 is 0. The van der Waals surface area contributed by atoms with Crippen LogP contribution in [0.2, 0.25) is 0 Å². The highest BCUT2D eigenvalue weighted by Crippen LogP contribution is 2.49. The number of hydrogen-bond acceptors (Lipinski definition) is 1. The van der Waals surface area contributed by atoms with Gasteiger partial charge in [0.15, 0.2) is 0 Å². The maximum Gasteiger partial charge on any atom is 0.220 e. The van der Waals surface area contributed by atoms with Gasteiger partial charge in [0.05, 0.1) is 0 Å². The molecule has 0 saturated heterocycles. The molecule has 0 unspecified atom stereocenters. The van der Waals surface area contributed by atoms with Crippen molar-refractivity contribution >= 4 is 5.91 Å². The van der Waals surface area contributed by atoms with E-state index in [1.807, 2.05) is 0 Å². The van der Waals surface area contributed by atoms with E-state index < -0.39 is 0 Å². The molecule has 1 N–H and O–H groups in total. The van der Waals surface area contributed by atoms with Crippen LogP contribution in [0.3, 0.4) is 0 Å². The van der Waals surface area contributed by atoms with Gasteiger partial charge in [-0.25, -0.2) is 0 Å². The first-order valence-corrected chi connectivity index (χ1v) is 5.67. The van der Waals surface area contributed by atoms with Crippen LogP contribution < -0.4 is 5.32 Å². The van der Waals surface area contributed by atoms with Gasteiger partial charge in [-0.05, 0) is 37.0 Å². The minimum atomic E-state index is 0.211. The van der Waals surface area contributed by atoms with Gasteiger partial charge in [-0.1, -0.05) is 12.5 Å². The lowest BCUT2D eigenvalue weighted by Gasteiger charge is -2.20. The second-order valence-corrected chi connectivity index (χ2v) is 4.73. The number of carbonyl (C=O) groups is 1. The predicted octanol–water partition coefficient (Wildman–Crippen LogP) is 2.11. The normalized spacial score (nSPS) is 34.4. The van der Waals surface area contributed by atoms with Gasteiger partial charge in [0.1, 0.15) is 0 Å². The molecular weight excluding hydrogens is 174 g/mol. The molecule has 0 aromatic rings. The SMILES string of the molecule is C=CCNC(=O)C[C@@H]1C[C@H]2CC[C@H]1C2. The van der Waals surface area contributed by atoms with Gasteiger partial charge < -0.3 is 5.32 Å². The summed E-state index contributed by atoms with van der Waals surface area (Å²) < 4.78 is 0. The molecule has 3 atom stereocenters. The molecule has 0 aromatic heterocycles. The van der Waals surface area contributed by atoms with Gasteiger partial charge in [-0.15, -0.1) is 6.58 Å². The van der Waals surface area contributed by atoms with E-state index in [4.69, 9.17) is 0 Å². The van der Waals surface area contributed by atoms with Crippen molar-refractivity contribution in [2.24, 2.45) is 17.8 Å². The minimum absolute atomic E-state index is 0.211. The van der Waals surface area contributed by atoms with Gasteiger partial charge in [-0.2, -0.15) is 0 Å². The van der Waals surface area contributed by atoms with Gasteiger partial charge >= 0.3 is 0 Å². The summed E-state index contributed by atoms with van der Waals surface area (Å²) in [4.78, 5) is 11.5. The van der Waals surface area contributed by atoms with Crippen LogP contribution in [0.1, 0.15) is 32.1 Å². The fourth-order valence-corrected chi connectivity index (χ4v) is 3.12. The van der Waals surface area contributed by atoms with Gasteiger partial charge in [0.2, 0.25) is 5.91 Å². The molecule has 1 amide bonds. The standard InChI is InChI=1S/C12H19NO/c1-2-5-13-12(14)8-11-7-9-3-4-10(11)6-9/h2,9-11H,1,3-8H2,(H,13,14)/t9-,10-,11-/m0/s1. The highest BCUT2D eigenvalue weighted by atomic mass is 16.1. The molecule has 0 radical (unpaired) electrons. The number of carbonyl (C=O) groups excluding carboxylic acids is 1. The van der Waals surface area contributed by atoms with Crippen LogP contribution in [0.4, 0.5) is 0 Å². The Kier molecular flexibility index (Phi) is 2.90. The lowest BCUT2D eigenvalue weighted by atomic mass is 9.86. The Bertz CT molecular complexity index is 236. The molecule has 0 aromatic carbocycles. The van der Waals surface area contributed by atoms with E-state index >= 15 is 0 Å². The monoisotopic (exact) mass is 193 g/mol. The quantitative estimate of drug-likeness (QED) is 0.681. The average molecular weight is 193 g/mol. The molecule has 2 heteroatoms. The molecule has 2 aliphatic rings. The Morgan fingerprint density at radius 1 is 1.43 bits per heavy atom. The van der Waals surface area contributed by atoms with Crippen molar-refractivity contribution in [1.29, 1.82) is 0 Å². The second kappa shape index (κ2) is 4.16. The van der Waals surface area contributed by atoms with Crippen molar-refractivity contribution in [1.82, 2.24) is 5.32 Å². The van der Waals surface area contributed by atoms with E-state index in [0.717, 1.165) is 18.3 Å². The number of fused-ring (bicyclic) bond motifs is 2. The minimum Gasteiger partial charge on any atom is -0.353 e. The lowest BCUT2D eigenvalue weighted by molar-refractivity contribution is -0.122. The number of hydrogen-bond donors (Lipinski definition) is 1. The molecule has 14 heavy (non-hydrogen) atoms. The fourth-order valence-electron chi connectivity index (χ4n) is 3.12. The molecule has 0 heterocycles. The first kappa shape index (κ1) is 9.75. The smallest absolute Gasteiger partial charge is 0.220 e. The number of nitrogens with one attached hydrogen (secondary N) is 1. The third kappa shape index (κ3) is 1.99. The summed E-state index contributed by atoms with van der Waals surface area (Å²) in [5, 5.41) is 2.86. The molecule has 0 aliphatic heterocycles. The van der Waals surface area contributed by atoms with Crippen LogP contribution in [0.15, 0.2) is 12.7 Å². The molecule has 2 fully saturated rings. The van der Waals surface area contributed by atoms with Crippen LogP contribution in [0.25, 0.3) is 0 Å². The number of amides is 1. The van der Waals surface area contributed by atoms with Crippen molar-refractivity contribution in [3.8, 4) is 0 Å². The largest absolute Gasteiger partial charge is 0.353 e. The number of rotatable bonds is 4. The third-order valence-corrected chi connectivity index (χ3v) is 3.78. The van der Waals surface area contributed by atoms with Gasteiger partial charge in [0, 0.05) is 13.0 Å². The van der Waals surface area contributed by atoms with Crippen LogP contribution in [0, 0.1) is 17.8 Å². The van der Waals surface area contributed by atoms with Crippen molar-refractivity contribution in [2.45, 2.75) is 32.1 Å². The molecule has 2 aliphatic carbocycles. The average Bonchev–Trinajstić information content (AvgIpc) is 2.76. The topological polar surface area (TPSA) is 29.1 Å². The van der Waals surface area contributed by atoms with Crippen molar-refractivity contribution in [3.05, 3.63) is 12.7 Å². The van der Waals surface area contributed by atoms with Crippen LogP contribution in [0.5, 0.6) is 0 Å². The van der Waals surface area contributed by atoms with Crippen molar-refractivity contribution in [2.75, 3.05) is 6.54 Å². The van der Waals surface area contributed by atoms with E-state index in [1.165, 1.54) is 25.7 Å². The van der Waals surface area contributed by atoms with E-state index in [-0.39, 0.29) is 5.91 Å². The van der Waals surface area contributed by atoms with Crippen LogP contribution >= 0.6 is 0 Å². The van der Waals surface area contributed by atoms with Gasteiger partial charge in [0.25, 0.3) is 0 Å². The predicted molar refractivity (Wildman–Crippen MR) is 56.8 cm³/mol. The highest BCUT2D eigenvalue weighted by Gasteiger charge is 2.39.